The molecule has 1 aliphatic carbocycles. The van der Waals surface area contributed by atoms with Crippen LogP contribution >= 0.6 is 46.3 Å². The maximum Gasteiger partial charge on any atom is 0.257 e. The molecule has 5 nitrogen and oxygen atoms in total. The molecule has 2 unspecified atom stereocenters. The lowest BCUT2D eigenvalue weighted by atomic mass is 9.83. The Bertz CT molecular complexity index is 1610. The summed E-state index contributed by atoms with van der Waals surface area (Å²) in [6.07, 6.45) is 2.69. The number of hydrogen-bond acceptors (Lipinski definition) is 5. The molecule has 0 saturated carbocycles. The molecule has 2 atom stereocenters. The monoisotopic (exact) mass is 605 g/mol. The quantitative estimate of drug-likeness (QED) is 0.207. The molecule has 0 aliphatic heterocycles. The minimum Gasteiger partial charge on any atom is -0.322 e. The van der Waals surface area contributed by atoms with E-state index in [1.807, 2.05) is 31.2 Å². The molecule has 40 heavy (non-hydrogen) atoms. The smallest absolute Gasteiger partial charge is 0.257 e. The highest BCUT2D eigenvalue weighted by Crippen LogP contribution is 2.42. The number of carbonyl (C=O) groups excluding carboxylic acids is 2. The first-order chi connectivity index (χ1) is 19.3. The van der Waals surface area contributed by atoms with Gasteiger partial charge in [0.1, 0.15) is 11.1 Å². The van der Waals surface area contributed by atoms with Crippen molar-refractivity contribution in [3.05, 3.63) is 110 Å². The van der Waals surface area contributed by atoms with E-state index in [1.54, 1.807) is 18.2 Å². The van der Waals surface area contributed by atoms with Crippen molar-refractivity contribution in [3.8, 4) is 6.07 Å². The number of amides is 2. The number of hydrogen-bond donors (Lipinski definition) is 2. The van der Waals surface area contributed by atoms with Gasteiger partial charge in [-0.15, -0.1) is 23.1 Å². The van der Waals surface area contributed by atoms with Gasteiger partial charge in [0, 0.05) is 20.5 Å². The summed E-state index contributed by atoms with van der Waals surface area (Å²) in [5.41, 5.74) is 3.87. The van der Waals surface area contributed by atoms with Crippen molar-refractivity contribution < 1.29 is 9.59 Å². The normalized spacial score (nSPS) is 15.0. The summed E-state index contributed by atoms with van der Waals surface area (Å²) in [7, 11) is 0. The van der Waals surface area contributed by atoms with Crippen LogP contribution in [0.2, 0.25) is 10.0 Å². The number of nitrogens with zero attached hydrogens (tertiary/aromatic N) is 1. The highest BCUT2D eigenvalue weighted by Gasteiger charge is 2.28. The van der Waals surface area contributed by atoms with Gasteiger partial charge >= 0.3 is 0 Å². The van der Waals surface area contributed by atoms with Gasteiger partial charge in [0.15, 0.2) is 0 Å². The number of fused-ring (bicyclic) bond motifs is 1. The van der Waals surface area contributed by atoms with Crippen molar-refractivity contribution in [1.29, 1.82) is 5.26 Å². The third-order valence-corrected chi connectivity index (χ3v) is 9.65. The Morgan fingerprint density at radius 3 is 2.60 bits per heavy atom. The summed E-state index contributed by atoms with van der Waals surface area (Å²) in [5, 5.41) is 16.7. The summed E-state index contributed by atoms with van der Waals surface area (Å²) >= 11 is 15.0. The van der Waals surface area contributed by atoms with E-state index >= 15 is 0 Å². The fourth-order valence-corrected chi connectivity index (χ4v) is 7.49. The third kappa shape index (κ3) is 6.37. The van der Waals surface area contributed by atoms with Gasteiger partial charge in [-0.25, -0.2) is 0 Å². The van der Waals surface area contributed by atoms with Crippen molar-refractivity contribution in [1.82, 2.24) is 0 Å². The summed E-state index contributed by atoms with van der Waals surface area (Å²) in [6, 6.07) is 24.8. The lowest BCUT2D eigenvalue weighted by Gasteiger charge is -2.22. The Kier molecular flexibility index (Phi) is 8.82. The first-order valence-corrected chi connectivity index (χ1v) is 15.2. The Balaban J connectivity index is 1.24. The van der Waals surface area contributed by atoms with Gasteiger partial charge in [-0.2, -0.15) is 5.26 Å². The van der Waals surface area contributed by atoms with Gasteiger partial charge in [0.05, 0.1) is 21.4 Å². The standard InChI is InChI=1S/C31H25Cl2N3O2S2/c1-18(39-23-9-5-8-22(16-23)35-30(38)25-13-11-21(32)15-27(25)33)29(37)36-31-26(17-34)24-12-10-20(14-28(24)40-31)19-6-3-2-4-7-19/h2-9,11,13,15-16,18,20H,10,12,14H2,1H3,(H,35,38)(H,36,37). The molecule has 2 amide bonds. The van der Waals surface area contributed by atoms with E-state index in [4.69, 9.17) is 23.2 Å². The van der Waals surface area contributed by atoms with Crippen LogP contribution < -0.4 is 10.6 Å². The van der Waals surface area contributed by atoms with E-state index in [9.17, 15) is 14.9 Å². The van der Waals surface area contributed by atoms with Gasteiger partial charge in [0.25, 0.3) is 5.91 Å². The van der Waals surface area contributed by atoms with E-state index in [2.05, 4.69) is 41.0 Å². The molecular weight excluding hydrogens is 581 g/mol. The predicted octanol–water partition coefficient (Wildman–Crippen LogP) is 8.57. The third-order valence-electron chi connectivity index (χ3n) is 6.83. The average Bonchev–Trinajstić information content (AvgIpc) is 3.29. The summed E-state index contributed by atoms with van der Waals surface area (Å²) < 4.78 is 0. The van der Waals surface area contributed by atoms with E-state index in [0.717, 1.165) is 29.7 Å². The van der Waals surface area contributed by atoms with Crippen molar-refractivity contribution in [3.63, 3.8) is 0 Å². The molecule has 5 rings (SSSR count). The summed E-state index contributed by atoms with van der Waals surface area (Å²) in [5.74, 6) is -0.114. The van der Waals surface area contributed by atoms with E-state index in [-0.39, 0.29) is 16.8 Å². The van der Waals surface area contributed by atoms with Gasteiger partial charge in [-0.05, 0) is 79.6 Å². The molecule has 0 radical (unpaired) electrons. The van der Waals surface area contributed by atoms with Gasteiger partial charge < -0.3 is 10.6 Å². The molecule has 202 valence electrons. The number of carbonyl (C=O) groups is 2. The molecule has 1 aliphatic rings. The SMILES string of the molecule is CC(Sc1cccc(NC(=O)c2ccc(Cl)cc2Cl)c1)C(=O)Nc1sc2c(c1C#N)CCC(c1ccccc1)C2. The van der Waals surface area contributed by atoms with Crippen LogP contribution in [0.4, 0.5) is 10.7 Å². The van der Waals surface area contributed by atoms with Crippen molar-refractivity contribution in [2.75, 3.05) is 10.6 Å². The lowest BCUT2D eigenvalue weighted by Crippen LogP contribution is -2.22. The number of thiophene rings is 1. The fourth-order valence-electron chi connectivity index (χ4n) is 4.79. The molecular formula is C31H25Cl2N3O2S2. The Morgan fingerprint density at radius 2 is 1.85 bits per heavy atom. The zero-order valence-corrected chi connectivity index (χ0v) is 24.7. The second-order valence-corrected chi connectivity index (χ2v) is 12.9. The van der Waals surface area contributed by atoms with Crippen LogP contribution in [0.3, 0.4) is 0 Å². The highest BCUT2D eigenvalue weighted by atomic mass is 35.5. The van der Waals surface area contributed by atoms with E-state index in [1.165, 1.54) is 39.6 Å². The number of anilines is 2. The molecule has 0 fully saturated rings. The number of halogens is 2. The maximum absolute atomic E-state index is 13.2. The van der Waals surface area contributed by atoms with Crippen LogP contribution in [0.25, 0.3) is 0 Å². The number of benzene rings is 3. The Labute approximate surface area is 251 Å². The summed E-state index contributed by atoms with van der Waals surface area (Å²) in [6.45, 7) is 1.82. The molecule has 4 aromatic rings. The van der Waals surface area contributed by atoms with Crippen LogP contribution in [0, 0.1) is 11.3 Å². The van der Waals surface area contributed by atoms with E-state index in [0.29, 0.717) is 32.8 Å². The van der Waals surface area contributed by atoms with Crippen LogP contribution in [0.15, 0.2) is 77.7 Å². The molecule has 1 heterocycles. The molecule has 1 aromatic heterocycles. The lowest BCUT2D eigenvalue weighted by molar-refractivity contribution is -0.115. The molecule has 0 bridgehead atoms. The zero-order chi connectivity index (χ0) is 28.2. The topological polar surface area (TPSA) is 82.0 Å². The van der Waals surface area contributed by atoms with Crippen LogP contribution in [-0.2, 0) is 17.6 Å². The Morgan fingerprint density at radius 1 is 1.05 bits per heavy atom. The predicted molar refractivity (Wildman–Crippen MR) is 165 cm³/mol. The number of nitrogens with one attached hydrogen (secondary N) is 2. The highest BCUT2D eigenvalue weighted by molar-refractivity contribution is 8.00. The van der Waals surface area contributed by atoms with Crippen molar-refractivity contribution in [2.24, 2.45) is 0 Å². The molecule has 0 saturated heterocycles. The van der Waals surface area contributed by atoms with E-state index < -0.39 is 5.25 Å². The molecule has 2 N–H and O–H groups in total. The second kappa shape index (κ2) is 12.5. The molecule has 9 heteroatoms. The van der Waals surface area contributed by atoms with Crippen LogP contribution in [-0.4, -0.2) is 17.1 Å². The van der Waals surface area contributed by atoms with Crippen molar-refractivity contribution >= 4 is 68.8 Å². The minimum absolute atomic E-state index is 0.179. The number of nitriles is 1. The number of rotatable bonds is 7. The molecule has 3 aromatic carbocycles. The number of thioether (sulfide) groups is 1. The first kappa shape index (κ1) is 28.3. The van der Waals surface area contributed by atoms with Gasteiger partial charge in [-0.3, -0.25) is 9.59 Å². The molecule has 0 spiro atoms. The van der Waals surface area contributed by atoms with Crippen molar-refractivity contribution in [2.45, 2.75) is 42.2 Å². The second-order valence-electron chi connectivity index (χ2n) is 9.53. The maximum atomic E-state index is 13.2. The van der Waals surface area contributed by atoms with Crippen LogP contribution in [0.1, 0.15) is 51.2 Å². The minimum atomic E-state index is -0.431. The summed E-state index contributed by atoms with van der Waals surface area (Å²) in [4.78, 5) is 27.9. The van der Waals surface area contributed by atoms with Gasteiger partial charge in [-0.1, -0.05) is 59.6 Å². The Hall–Kier alpha value is -3.28. The average molecular weight is 607 g/mol. The fraction of sp³-hybridized carbons (Fsp3) is 0.194. The largest absolute Gasteiger partial charge is 0.322 e. The zero-order valence-electron chi connectivity index (χ0n) is 21.5. The first-order valence-electron chi connectivity index (χ1n) is 12.8. The van der Waals surface area contributed by atoms with Gasteiger partial charge in [0.2, 0.25) is 5.91 Å². The van der Waals surface area contributed by atoms with Crippen LogP contribution in [0.5, 0.6) is 0 Å².